The lowest BCUT2D eigenvalue weighted by molar-refractivity contribution is -0.156. The van der Waals surface area contributed by atoms with Crippen molar-refractivity contribution in [1.29, 1.82) is 0 Å². The molecule has 0 aliphatic rings. The Morgan fingerprint density at radius 1 is 1.35 bits per heavy atom. The fourth-order valence-electron chi connectivity index (χ4n) is 1.47. The van der Waals surface area contributed by atoms with E-state index in [1.54, 1.807) is 26.0 Å². The summed E-state index contributed by atoms with van der Waals surface area (Å²) in [4.78, 5) is 11.9. The zero-order chi connectivity index (χ0) is 13.2. The molecule has 0 aromatic heterocycles. The van der Waals surface area contributed by atoms with Crippen molar-refractivity contribution < 1.29 is 14.6 Å². The number of aryl methyl sites for hydroxylation is 1. The van der Waals surface area contributed by atoms with Crippen LogP contribution in [0.3, 0.4) is 0 Å². The third-order valence-corrected chi connectivity index (χ3v) is 2.48. The van der Waals surface area contributed by atoms with Gasteiger partial charge >= 0.3 is 5.97 Å². The van der Waals surface area contributed by atoms with Crippen LogP contribution in [0.25, 0.3) is 0 Å². The van der Waals surface area contributed by atoms with E-state index >= 15 is 0 Å². The molecule has 0 fully saturated rings. The van der Waals surface area contributed by atoms with Gasteiger partial charge in [0.2, 0.25) is 0 Å². The topological polar surface area (TPSA) is 46.5 Å². The summed E-state index contributed by atoms with van der Waals surface area (Å²) in [5.41, 5.74) is 1.14. The largest absolute Gasteiger partial charge is 0.508 e. The molecule has 0 bridgehead atoms. The number of benzene rings is 1. The minimum Gasteiger partial charge on any atom is -0.508 e. The van der Waals surface area contributed by atoms with E-state index in [9.17, 15) is 9.90 Å². The van der Waals surface area contributed by atoms with Gasteiger partial charge in [0, 0.05) is 0 Å². The van der Waals surface area contributed by atoms with Gasteiger partial charge in [-0.2, -0.15) is 0 Å². The molecule has 3 heteroatoms. The standard InChI is InChI=1S/C14H20O3/c1-9-8-11(6-7-12(9)15)10(2)13(16)17-14(3,4)5/h6-8,10,15H,1-5H3. The van der Waals surface area contributed by atoms with Crippen LogP contribution in [0.1, 0.15) is 44.7 Å². The summed E-state index contributed by atoms with van der Waals surface area (Å²) < 4.78 is 5.32. The second-order valence-electron chi connectivity index (χ2n) is 5.30. The van der Waals surface area contributed by atoms with E-state index in [0.29, 0.717) is 0 Å². The van der Waals surface area contributed by atoms with Crippen molar-refractivity contribution in [1.82, 2.24) is 0 Å². The smallest absolute Gasteiger partial charge is 0.313 e. The van der Waals surface area contributed by atoms with Crippen LogP contribution in [-0.2, 0) is 9.53 Å². The van der Waals surface area contributed by atoms with E-state index in [1.165, 1.54) is 0 Å². The average molecular weight is 236 g/mol. The Morgan fingerprint density at radius 3 is 2.41 bits per heavy atom. The molecule has 0 radical (unpaired) electrons. The molecule has 3 nitrogen and oxygen atoms in total. The van der Waals surface area contributed by atoms with Gasteiger partial charge < -0.3 is 9.84 Å². The van der Waals surface area contributed by atoms with Gasteiger partial charge in [-0.3, -0.25) is 4.79 Å². The summed E-state index contributed by atoms with van der Waals surface area (Å²) >= 11 is 0. The Bertz CT molecular complexity index is 416. The number of carbonyl (C=O) groups is 1. The quantitative estimate of drug-likeness (QED) is 0.802. The molecule has 1 aromatic rings. The van der Waals surface area contributed by atoms with Crippen LogP contribution in [0, 0.1) is 6.92 Å². The normalized spacial score (nSPS) is 13.2. The molecule has 1 atom stereocenters. The number of hydrogen-bond acceptors (Lipinski definition) is 3. The first-order chi connectivity index (χ1) is 7.70. The summed E-state index contributed by atoms with van der Waals surface area (Å²) in [6.45, 7) is 9.15. The lowest BCUT2D eigenvalue weighted by Gasteiger charge is -2.22. The molecule has 17 heavy (non-hydrogen) atoms. The van der Waals surface area contributed by atoms with Gasteiger partial charge in [0.05, 0.1) is 5.92 Å². The van der Waals surface area contributed by atoms with Crippen LogP contribution >= 0.6 is 0 Å². The van der Waals surface area contributed by atoms with E-state index in [4.69, 9.17) is 4.74 Å². The summed E-state index contributed by atoms with van der Waals surface area (Å²) in [5, 5.41) is 9.43. The number of rotatable bonds is 2. The number of ether oxygens (including phenoxy) is 1. The summed E-state index contributed by atoms with van der Waals surface area (Å²) in [6.07, 6.45) is 0. The number of phenolic OH excluding ortho intramolecular Hbond substituents is 1. The molecule has 0 aliphatic carbocycles. The number of hydrogen-bond donors (Lipinski definition) is 1. The van der Waals surface area contributed by atoms with Crippen molar-refractivity contribution in [2.45, 2.75) is 46.1 Å². The number of carbonyl (C=O) groups excluding carboxylic acids is 1. The minimum absolute atomic E-state index is 0.241. The molecule has 0 heterocycles. The molecular formula is C14H20O3. The molecule has 94 valence electrons. The highest BCUT2D eigenvalue weighted by Gasteiger charge is 2.23. The highest BCUT2D eigenvalue weighted by atomic mass is 16.6. The molecular weight excluding hydrogens is 216 g/mol. The van der Waals surface area contributed by atoms with E-state index in [-0.39, 0.29) is 17.6 Å². The van der Waals surface area contributed by atoms with Gasteiger partial charge in [0.25, 0.3) is 0 Å². The van der Waals surface area contributed by atoms with E-state index < -0.39 is 5.60 Å². The monoisotopic (exact) mass is 236 g/mol. The van der Waals surface area contributed by atoms with E-state index in [2.05, 4.69) is 0 Å². The number of esters is 1. The fraction of sp³-hybridized carbons (Fsp3) is 0.500. The Kier molecular flexibility index (Phi) is 3.81. The van der Waals surface area contributed by atoms with Crippen molar-refractivity contribution in [2.75, 3.05) is 0 Å². The molecule has 1 N–H and O–H groups in total. The lowest BCUT2D eigenvalue weighted by atomic mass is 9.99. The third-order valence-electron chi connectivity index (χ3n) is 2.48. The van der Waals surface area contributed by atoms with E-state index in [1.807, 2.05) is 26.8 Å². The zero-order valence-corrected chi connectivity index (χ0v) is 11.1. The van der Waals surface area contributed by atoms with Crippen LogP contribution in [0.4, 0.5) is 0 Å². The van der Waals surface area contributed by atoms with Gasteiger partial charge in [0.15, 0.2) is 0 Å². The maximum atomic E-state index is 11.9. The average Bonchev–Trinajstić information content (AvgIpc) is 2.18. The first kappa shape index (κ1) is 13.6. The Hall–Kier alpha value is -1.51. The summed E-state index contributed by atoms with van der Waals surface area (Å²) in [5.74, 6) is -0.332. The van der Waals surface area contributed by atoms with Crippen molar-refractivity contribution in [3.63, 3.8) is 0 Å². The lowest BCUT2D eigenvalue weighted by Crippen LogP contribution is -2.26. The first-order valence-corrected chi connectivity index (χ1v) is 5.73. The molecule has 1 rings (SSSR count). The third kappa shape index (κ3) is 3.77. The molecule has 0 saturated heterocycles. The van der Waals surface area contributed by atoms with E-state index in [0.717, 1.165) is 11.1 Å². The van der Waals surface area contributed by atoms with Crippen molar-refractivity contribution in [3.8, 4) is 5.75 Å². The minimum atomic E-state index is -0.475. The summed E-state index contributed by atoms with van der Waals surface area (Å²) in [7, 11) is 0. The van der Waals surface area contributed by atoms with Gasteiger partial charge in [0.1, 0.15) is 11.4 Å². The van der Waals surface area contributed by atoms with Gasteiger partial charge in [-0.25, -0.2) is 0 Å². The van der Waals surface area contributed by atoms with Crippen LogP contribution < -0.4 is 0 Å². The second-order valence-corrected chi connectivity index (χ2v) is 5.30. The highest BCUT2D eigenvalue weighted by molar-refractivity contribution is 5.78. The van der Waals surface area contributed by atoms with Crippen LogP contribution in [0.5, 0.6) is 5.75 Å². The van der Waals surface area contributed by atoms with Gasteiger partial charge in [-0.05, 0) is 51.8 Å². The predicted molar refractivity (Wildman–Crippen MR) is 67.1 cm³/mol. The summed E-state index contributed by atoms with van der Waals surface area (Å²) in [6, 6.07) is 5.16. The second kappa shape index (κ2) is 4.78. The molecule has 1 aromatic carbocycles. The SMILES string of the molecule is Cc1cc(C(C)C(=O)OC(C)(C)C)ccc1O. The Labute approximate surface area is 102 Å². The molecule has 1 unspecified atom stereocenters. The maximum absolute atomic E-state index is 11.9. The molecule has 0 aliphatic heterocycles. The van der Waals surface area contributed by atoms with Crippen molar-refractivity contribution in [3.05, 3.63) is 29.3 Å². The fourth-order valence-corrected chi connectivity index (χ4v) is 1.47. The maximum Gasteiger partial charge on any atom is 0.313 e. The number of aromatic hydroxyl groups is 1. The molecule has 0 amide bonds. The van der Waals surface area contributed by atoms with Gasteiger partial charge in [-0.15, -0.1) is 0 Å². The molecule has 0 spiro atoms. The van der Waals surface area contributed by atoms with Crippen LogP contribution in [0.2, 0.25) is 0 Å². The van der Waals surface area contributed by atoms with Crippen molar-refractivity contribution >= 4 is 5.97 Å². The van der Waals surface area contributed by atoms with Crippen molar-refractivity contribution in [2.24, 2.45) is 0 Å². The van der Waals surface area contributed by atoms with Crippen LogP contribution in [0.15, 0.2) is 18.2 Å². The Morgan fingerprint density at radius 2 is 1.94 bits per heavy atom. The Balaban J connectivity index is 2.85. The first-order valence-electron chi connectivity index (χ1n) is 5.73. The van der Waals surface area contributed by atoms with Gasteiger partial charge in [-0.1, -0.05) is 12.1 Å². The zero-order valence-electron chi connectivity index (χ0n) is 11.1. The molecule has 0 saturated carbocycles. The van der Waals surface area contributed by atoms with Crippen LogP contribution in [-0.4, -0.2) is 16.7 Å². The number of phenols is 1. The predicted octanol–water partition coefficient (Wildman–Crippen LogP) is 3.15. The highest BCUT2D eigenvalue weighted by Crippen LogP contribution is 2.24.